The fourth-order valence-electron chi connectivity index (χ4n) is 1.60. The third-order valence-electron chi connectivity index (χ3n) is 2.71. The predicted molar refractivity (Wildman–Crippen MR) is 68.6 cm³/mol. The second kappa shape index (κ2) is 5.32. The van der Waals surface area contributed by atoms with Gasteiger partial charge in [0.25, 0.3) is 10.0 Å². The van der Waals surface area contributed by atoms with E-state index in [0.717, 1.165) is 5.56 Å². The molecule has 0 amide bonds. The number of H-pyrrole nitrogens is 1. The van der Waals surface area contributed by atoms with E-state index in [2.05, 4.69) is 14.9 Å². The van der Waals surface area contributed by atoms with Crippen molar-refractivity contribution < 1.29 is 8.42 Å². The Hall–Kier alpha value is -1.66. The highest BCUT2D eigenvalue weighted by Gasteiger charge is 2.16. The van der Waals surface area contributed by atoms with Gasteiger partial charge >= 0.3 is 0 Å². The molecule has 96 valence electrons. The normalized spacial score (nSPS) is 13.4. The van der Waals surface area contributed by atoms with Crippen LogP contribution in [0.15, 0.2) is 47.6 Å². The number of hydrogen-bond acceptors (Lipinski definition) is 3. The second-order valence-electron chi connectivity index (χ2n) is 4.08. The van der Waals surface area contributed by atoms with Crippen LogP contribution >= 0.6 is 0 Å². The van der Waals surface area contributed by atoms with Crippen LogP contribution in [0.4, 0.5) is 0 Å². The van der Waals surface area contributed by atoms with Gasteiger partial charge in [0.15, 0.2) is 5.03 Å². The second-order valence-corrected chi connectivity index (χ2v) is 5.82. The van der Waals surface area contributed by atoms with Crippen molar-refractivity contribution in [3.05, 3.63) is 48.2 Å². The van der Waals surface area contributed by atoms with Gasteiger partial charge in [0.2, 0.25) is 0 Å². The average molecular weight is 265 g/mol. The van der Waals surface area contributed by atoms with Crippen LogP contribution in [0, 0.1) is 0 Å². The zero-order chi connectivity index (χ0) is 13.0. The predicted octanol–water partition coefficient (Wildman–Crippen LogP) is 1.49. The number of nitrogens with one attached hydrogen (secondary N) is 2. The largest absolute Gasteiger partial charge is 0.266 e. The molecule has 0 fully saturated rings. The summed E-state index contributed by atoms with van der Waals surface area (Å²) in [6, 6.07) is 11.2. The van der Waals surface area contributed by atoms with Gasteiger partial charge < -0.3 is 0 Å². The molecular weight excluding hydrogens is 250 g/mol. The van der Waals surface area contributed by atoms with E-state index in [4.69, 9.17) is 0 Å². The summed E-state index contributed by atoms with van der Waals surface area (Å²) >= 11 is 0. The highest BCUT2D eigenvalue weighted by molar-refractivity contribution is 7.89. The minimum absolute atomic E-state index is 0.0859. The molecule has 0 aliphatic heterocycles. The number of aromatic nitrogens is 2. The van der Waals surface area contributed by atoms with Gasteiger partial charge in [0, 0.05) is 6.54 Å². The average Bonchev–Trinajstić information content (AvgIpc) is 2.92. The SMILES string of the molecule is CC(CNS(=O)(=O)c1ccn[nH]1)c1ccccc1. The molecule has 0 radical (unpaired) electrons. The van der Waals surface area contributed by atoms with Gasteiger partial charge in [-0.2, -0.15) is 5.10 Å². The topological polar surface area (TPSA) is 74.8 Å². The molecule has 2 rings (SSSR count). The summed E-state index contributed by atoms with van der Waals surface area (Å²) in [6.45, 7) is 2.33. The molecule has 6 heteroatoms. The van der Waals surface area contributed by atoms with E-state index in [1.807, 2.05) is 37.3 Å². The summed E-state index contributed by atoms with van der Waals surface area (Å²) in [6.07, 6.45) is 1.41. The number of nitrogens with zero attached hydrogens (tertiary/aromatic N) is 1. The van der Waals surface area contributed by atoms with Crippen molar-refractivity contribution in [1.29, 1.82) is 0 Å². The van der Waals surface area contributed by atoms with Crippen LogP contribution in [0.3, 0.4) is 0 Å². The van der Waals surface area contributed by atoms with E-state index in [9.17, 15) is 8.42 Å². The first-order valence-electron chi connectivity index (χ1n) is 5.63. The number of hydrogen-bond donors (Lipinski definition) is 2. The molecule has 1 unspecified atom stereocenters. The molecule has 0 aliphatic carbocycles. The molecule has 0 saturated carbocycles. The van der Waals surface area contributed by atoms with Crippen LogP contribution in [0.1, 0.15) is 18.4 Å². The maximum Gasteiger partial charge on any atom is 0.257 e. The van der Waals surface area contributed by atoms with Crippen LogP contribution in [-0.2, 0) is 10.0 Å². The summed E-state index contributed by atoms with van der Waals surface area (Å²) in [5, 5.41) is 6.16. The molecule has 2 aromatic rings. The highest BCUT2D eigenvalue weighted by Crippen LogP contribution is 2.14. The minimum atomic E-state index is -3.49. The van der Waals surface area contributed by atoms with Gasteiger partial charge in [0.05, 0.1) is 6.20 Å². The van der Waals surface area contributed by atoms with E-state index in [0.29, 0.717) is 6.54 Å². The van der Waals surface area contributed by atoms with Crippen molar-refractivity contribution in [2.75, 3.05) is 6.54 Å². The van der Waals surface area contributed by atoms with E-state index >= 15 is 0 Å². The smallest absolute Gasteiger partial charge is 0.257 e. The minimum Gasteiger partial charge on any atom is -0.266 e. The lowest BCUT2D eigenvalue weighted by molar-refractivity contribution is 0.570. The van der Waals surface area contributed by atoms with E-state index in [1.54, 1.807) is 0 Å². The van der Waals surface area contributed by atoms with Crippen LogP contribution in [0.5, 0.6) is 0 Å². The van der Waals surface area contributed by atoms with Gasteiger partial charge in [-0.3, -0.25) is 5.10 Å². The third-order valence-corrected chi connectivity index (χ3v) is 4.07. The Morgan fingerprint density at radius 1 is 1.28 bits per heavy atom. The lowest BCUT2D eigenvalue weighted by Crippen LogP contribution is -2.28. The number of sulfonamides is 1. The van der Waals surface area contributed by atoms with Crippen molar-refractivity contribution >= 4 is 10.0 Å². The first-order valence-corrected chi connectivity index (χ1v) is 7.12. The Morgan fingerprint density at radius 2 is 2.00 bits per heavy atom. The zero-order valence-electron chi connectivity index (χ0n) is 10.00. The van der Waals surface area contributed by atoms with E-state index < -0.39 is 10.0 Å². The molecule has 1 aromatic carbocycles. The Balaban J connectivity index is 2.00. The molecule has 0 aliphatic rings. The maximum atomic E-state index is 11.8. The molecule has 0 saturated heterocycles. The summed E-state index contributed by atoms with van der Waals surface area (Å²) in [5.41, 5.74) is 1.10. The molecule has 1 aromatic heterocycles. The van der Waals surface area contributed by atoms with Crippen LogP contribution in [-0.4, -0.2) is 25.2 Å². The number of aromatic amines is 1. The van der Waals surface area contributed by atoms with Gasteiger partial charge in [-0.1, -0.05) is 37.3 Å². The summed E-state index contributed by atoms with van der Waals surface area (Å²) in [5.74, 6) is 0.115. The first-order chi connectivity index (χ1) is 8.59. The van der Waals surface area contributed by atoms with Crippen molar-refractivity contribution in [2.45, 2.75) is 17.9 Å². The summed E-state index contributed by atoms with van der Waals surface area (Å²) in [4.78, 5) is 0. The molecule has 5 nitrogen and oxygen atoms in total. The Labute approximate surface area is 106 Å². The molecule has 1 atom stereocenters. The molecule has 0 spiro atoms. The van der Waals surface area contributed by atoms with Gasteiger partial charge in [-0.25, -0.2) is 13.1 Å². The van der Waals surface area contributed by atoms with Gasteiger partial charge in [0.1, 0.15) is 0 Å². The molecule has 0 bridgehead atoms. The van der Waals surface area contributed by atoms with Gasteiger partial charge in [-0.05, 0) is 17.5 Å². The lowest BCUT2D eigenvalue weighted by atomic mass is 10.0. The number of benzene rings is 1. The molecule has 1 heterocycles. The highest BCUT2D eigenvalue weighted by atomic mass is 32.2. The third kappa shape index (κ3) is 2.96. The summed E-state index contributed by atoms with van der Waals surface area (Å²) < 4.78 is 26.3. The van der Waals surface area contributed by atoms with E-state index in [1.165, 1.54) is 12.3 Å². The zero-order valence-corrected chi connectivity index (χ0v) is 10.8. The summed E-state index contributed by atoms with van der Waals surface area (Å²) in [7, 11) is -3.49. The fourth-order valence-corrected chi connectivity index (χ4v) is 2.64. The van der Waals surface area contributed by atoms with Crippen LogP contribution in [0.25, 0.3) is 0 Å². The van der Waals surface area contributed by atoms with E-state index in [-0.39, 0.29) is 10.9 Å². The Morgan fingerprint density at radius 3 is 2.61 bits per heavy atom. The van der Waals surface area contributed by atoms with Crippen molar-refractivity contribution in [2.24, 2.45) is 0 Å². The number of rotatable bonds is 5. The maximum absolute atomic E-state index is 11.8. The Kier molecular flexibility index (Phi) is 3.78. The van der Waals surface area contributed by atoms with Crippen molar-refractivity contribution in [1.82, 2.24) is 14.9 Å². The standard InChI is InChI=1S/C12H15N3O2S/c1-10(11-5-3-2-4-6-11)9-14-18(16,17)12-7-8-13-15-12/h2-8,10,14H,9H2,1H3,(H,13,15). The monoisotopic (exact) mass is 265 g/mol. The molecule has 2 N–H and O–H groups in total. The van der Waals surface area contributed by atoms with Gasteiger partial charge in [-0.15, -0.1) is 0 Å². The fraction of sp³-hybridized carbons (Fsp3) is 0.250. The first kappa shape index (κ1) is 12.8. The quantitative estimate of drug-likeness (QED) is 0.860. The lowest BCUT2D eigenvalue weighted by Gasteiger charge is -2.12. The van der Waals surface area contributed by atoms with Crippen LogP contribution < -0.4 is 4.72 Å². The van der Waals surface area contributed by atoms with Crippen molar-refractivity contribution in [3.63, 3.8) is 0 Å². The molecular formula is C12H15N3O2S. The molecule has 18 heavy (non-hydrogen) atoms. The van der Waals surface area contributed by atoms with Crippen molar-refractivity contribution in [3.8, 4) is 0 Å². The Bertz CT molecular complexity index is 579. The van der Waals surface area contributed by atoms with Crippen LogP contribution in [0.2, 0.25) is 0 Å².